The summed E-state index contributed by atoms with van der Waals surface area (Å²) in [6.07, 6.45) is 3.03. The number of nitrogens with zero attached hydrogens (tertiary/aromatic N) is 1. The van der Waals surface area contributed by atoms with E-state index in [4.69, 9.17) is 4.42 Å². The third kappa shape index (κ3) is 2.32. The molecule has 24 heavy (non-hydrogen) atoms. The number of benzene rings is 2. The first-order valence-corrected chi connectivity index (χ1v) is 8.42. The first-order chi connectivity index (χ1) is 11.5. The predicted octanol–water partition coefficient (Wildman–Crippen LogP) is 4.57. The van der Waals surface area contributed by atoms with Gasteiger partial charge in [0.1, 0.15) is 5.58 Å². The van der Waals surface area contributed by atoms with Crippen molar-refractivity contribution in [2.45, 2.75) is 39.7 Å². The second-order valence-corrected chi connectivity index (χ2v) is 6.84. The Morgan fingerprint density at radius 2 is 2.04 bits per heavy atom. The van der Waals surface area contributed by atoms with Gasteiger partial charge in [0, 0.05) is 22.7 Å². The van der Waals surface area contributed by atoms with Crippen LogP contribution >= 0.6 is 0 Å². The van der Waals surface area contributed by atoms with Crippen molar-refractivity contribution in [1.82, 2.24) is 0 Å². The van der Waals surface area contributed by atoms with Gasteiger partial charge in [-0.05, 0) is 56.0 Å². The second-order valence-electron chi connectivity index (χ2n) is 6.84. The summed E-state index contributed by atoms with van der Waals surface area (Å²) in [4.78, 5) is 14.9. The van der Waals surface area contributed by atoms with Gasteiger partial charge in [-0.15, -0.1) is 0 Å². The average molecular weight is 319 g/mol. The molecule has 0 radical (unpaired) electrons. The van der Waals surface area contributed by atoms with Gasteiger partial charge in [0.25, 0.3) is 0 Å². The van der Waals surface area contributed by atoms with Crippen LogP contribution in [0.4, 0.5) is 5.69 Å². The fraction of sp³-hybridized carbons (Fsp3) is 0.286. The van der Waals surface area contributed by atoms with E-state index in [1.54, 1.807) is 6.26 Å². The van der Waals surface area contributed by atoms with Crippen LogP contribution in [0.5, 0.6) is 0 Å². The minimum Gasteiger partial charge on any atom is -0.464 e. The maximum Gasteiger partial charge on any atom is 0.231 e. The van der Waals surface area contributed by atoms with Crippen molar-refractivity contribution >= 4 is 22.6 Å². The lowest BCUT2D eigenvalue weighted by Gasteiger charge is -2.22. The minimum absolute atomic E-state index is 0.134. The van der Waals surface area contributed by atoms with E-state index in [0.717, 1.165) is 34.2 Å². The SMILES string of the molecule is Cc1cc(C)c2c(CC(=O)N3c4ccccc4CC3C)coc2c1. The van der Waals surface area contributed by atoms with Gasteiger partial charge in [0.05, 0.1) is 12.7 Å². The Kier molecular flexibility index (Phi) is 3.45. The van der Waals surface area contributed by atoms with Crippen molar-refractivity contribution < 1.29 is 9.21 Å². The molecule has 0 saturated heterocycles. The maximum absolute atomic E-state index is 13.0. The highest BCUT2D eigenvalue weighted by atomic mass is 16.3. The van der Waals surface area contributed by atoms with Crippen LogP contribution < -0.4 is 4.90 Å². The van der Waals surface area contributed by atoms with Crippen LogP contribution in [0, 0.1) is 13.8 Å². The first kappa shape index (κ1) is 15.0. The average Bonchev–Trinajstić information content (AvgIpc) is 3.07. The molecule has 2 aromatic carbocycles. The first-order valence-electron chi connectivity index (χ1n) is 8.42. The number of anilines is 1. The maximum atomic E-state index is 13.0. The second kappa shape index (κ2) is 5.52. The van der Waals surface area contributed by atoms with E-state index in [9.17, 15) is 4.79 Å². The van der Waals surface area contributed by atoms with Crippen molar-refractivity contribution in [3.8, 4) is 0 Å². The van der Waals surface area contributed by atoms with E-state index in [-0.39, 0.29) is 11.9 Å². The highest BCUT2D eigenvalue weighted by molar-refractivity contribution is 5.99. The van der Waals surface area contributed by atoms with Crippen LogP contribution in [0.3, 0.4) is 0 Å². The molecule has 0 N–H and O–H groups in total. The lowest BCUT2D eigenvalue weighted by molar-refractivity contribution is -0.118. The fourth-order valence-electron chi connectivity index (χ4n) is 3.95. The summed E-state index contributed by atoms with van der Waals surface area (Å²) in [5.41, 5.74) is 6.48. The summed E-state index contributed by atoms with van der Waals surface area (Å²) < 4.78 is 5.70. The van der Waals surface area contributed by atoms with Crippen LogP contribution in [0.2, 0.25) is 0 Å². The van der Waals surface area contributed by atoms with Crippen LogP contribution in [-0.2, 0) is 17.6 Å². The molecular weight excluding hydrogens is 298 g/mol. The topological polar surface area (TPSA) is 33.5 Å². The Morgan fingerprint density at radius 1 is 1.25 bits per heavy atom. The Hall–Kier alpha value is -2.55. The van der Waals surface area contributed by atoms with Crippen molar-refractivity contribution in [2.75, 3.05) is 4.90 Å². The van der Waals surface area contributed by atoms with Crippen LogP contribution in [-0.4, -0.2) is 11.9 Å². The Balaban J connectivity index is 1.68. The predicted molar refractivity (Wildman–Crippen MR) is 96.5 cm³/mol. The van der Waals surface area contributed by atoms with E-state index in [1.165, 1.54) is 11.1 Å². The van der Waals surface area contributed by atoms with Crippen molar-refractivity contribution in [2.24, 2.45) is 0 Å². The number of carbonyl (C=O) groups excluding carboxylic acids is 1. The van der Waals surface area contributed by atoms with Crippen molar-refractivity contribution in [1.29, 1.82) is 0 Å². The monoisotopic (exact) mass is 319 g/mol. The molecule has 0 fully saturated rings. The number of hydrogen-bond acceptors (Lipinski definition) is 2. The highest BCUT2D eigenvalue weighted by Gasteiger charge is 2.30. The molecule has 0 spiro atoms. The van der Waals surface area contributed by atoms with Gasteiger partial charge < -0.3 is 9.32 Å². The summed E-state index contributed by atoms with van der Waals surface area (Å²) in [6, 6.07) is 12.6. The van der Waals surface area contributed by atoms with Gasteiger partial charge in [-0.1, -0.05) is 24.3 Å². The van der Waals surface area contributed by atoms with E-state index >= 15 is 0 Å². The zero-order valence-corrected chi connectivity index (χ0v) is 14.3. The lowest BCUT2D eigenvalue weighted by atomic mass is 10.0. The van der Waals surface area contributed by atoms with Crippen molar-refractivity contribution in [3.05, 3.63) is 64.9 Å². The molecule has 0 saturated carbocycles. The molecule has 3 heteroatoms. The molecule has 122 valence electrons. The number of rotatable bonds is 2. The van der Waals surface area contributed by atoms with Crippen LogP contribution in [0.15, 0.2) is 47.1 Å². The van der Waals surface area contributed by atoms with Gasteiger partial charge in [-0.3, -0.25) is 4.79 Å². The molecule has 1 aromatic heterocycles. The Morgan fingerprint density at radius 3 is 2.88 bits per heavy atom. The standard InChI is InChI=1S/C21H21NO2/c1-13-8-14(2)21-17(12-24-19(21)9-13)11-20(23)22-15(3)10-16-6-4-5-7-18(16)22/h4-9,12,15H,10-11H2,1-3H3. The Bertz CT molecular complexity index is 938. The highest BCUT2D eigenvalue weighted by Crippen LogP contribution is 2.33. The van der Waals surface area contributed by atoms with Gasteiger partial charge in [0.2, 0.25) is 5.91 Å². The summed E-state index contributed by atoms with van der Waals surface area (Å²) in [6.45, 7) is 6.25. The van der Waals surface area contributed by atoms with Gasteiger partial charge in [-0.25, -0.2) is 0 Å². The van der Waals surface area contributed by atoms with E-state index in [0.29, 0.717) is 6.42 Å². The molecular formula is C21H21NO2. The van der Waals surface area contributed by atoms with Crippen LogP contribution in [0.1, 0.15) is 29.2 Å². The molecule has 0 bridgehead atoms. The molecule has 1 aliphatic heterocycles. The Labute approximate surface area is 141 Å². The quantitative estimate of drug-likeness (QED) is 0.693. The third-order valence-electron chi connectivity index (χ3n) is 4.91. The molecule has 1 unspecified atom stereocenters. The zero-order chi connectivity index (χ0) is 16.8. The number of hydrogen-bond donors (Lipinski definition) is 0. The van der Waals surface area contributed by atoms with E-state index in [1.807, 2.05) is 29.2 Å². The van der Waals surface area contributed by atoms with Crippen LogP contribution in [0.25, 0.3) is 11.0 Å². The van der Waals surface area contributed by atoms with Gasteiger partial charge in [0.15, 0.2) is 0 Å². The summed E-state index contributed by atoms with van der Waals surface area (Å²) >= 11 is 0. The summed E-state index contributed by atoms with van der Waals surface area (Å²) in [5.74, 6) is 0.134. The van der Waals surface area contributed by atoms with Gasteiger partial charge >= 0.3 is 0 Å². The number of fused-ring (bicyclic) bond motifs is 2. The third-order valence-corrected chi connectivity index (χ3v) is 4.91. The molecule has 1 aliphatic rings. The molecule has 3 nitrogen and oxygen atoms in total. The number of carbonyl (C=O) groups is 1. The molecule has 2 heterocycles. The summed E-state index contributed by atoms with van der Waals surface area (Å²) in [5, 5.41) is 1.08. The molecule has 0 aliphatic carbocycles. The summed E-state index contributed by atoms with van der Waals surface area (Å²) in [7, 11) is 0. The van der Waals surface area contributed by atoms with E-state index < -0.39 is 0 Å². The largest absolute Gasteiger partial charge is 0.464 e. The molecule has 4 rings (SSSR count). The normalized spacial score (nSPS) is 16.6. The smallest absolute Gasteiger partial charge is 0.231 e. The molecule has 1 atom stereocenters. The molecule has 1 amide bonds. The van der Waals surface area contributed by atoms with Crippen molar-refractivity contribution in [3.63, 3.8) is 0 Å². The number of aryl methyl sites for hydroxylation is 2. The lowest BCUT2D eigenvalue weighted by Crippen LogP contribution is -2.36. The molecule has 3 aromatic rings. The van der Waals surface area contributed by atoms with E-state index in [2.05, 4.69) is 32.9 Å². The van der Waals surface area contributed by atoms with Gasteiger partial charge in [-0.2, -0.15) is 0 Å². The number of para-hydroxylation sites is 1. The minimum atomic E-state index is 0.134. The number of furan rings is 1. The zero-order valence-electron chi connectivity index (χ0n) is 14.3. The fourth-order valence-corrected chi connectivity index (χ4v) is 3.95. The number of amides is 1.